The SMILES string of the molecule is CCCS(=O)(=O)N1CCCC(C(=O)Nc2ccc(Cn3ccnc3C)cc2)C1. The zero-order valence-corrected chi connectivity index (χ0v) is 17.3. The third-order valence-corrected chi connectivity index (χ3v) is 7.15. The Morgan fingerprint density at radius 2 is 2.04 bits per heavy atom. The molecular weight excluding hydrogens is 376 g/mol. The quantitative estimate of drug-likeness (QED) is 0.769. The van der Waals surface area contributed by atoms with Crippen LogP contribution in [-0.2, 0) is 21.4 Å². The van der Waals surface area contributed by atoms with E-state index in [2.05, 4.69) is 14.9 Å². The van der Waals surface area contributed by atoms with Crippen LogP contribution in [0.3, 0.4) is 0 Å². The number of carbonyl (C=O) groups is 1. The van der Waals surface area contributed by atoms with Crippen LogP contribution < -0.4 is 5.32 Å². The first-order chi connectivity index (χ1) is 13.4. The van der Waals surface area contributed by atoms with Gasteiger partial charge in [0.25, 0.3) is 0 Å². The fourth-order valence-electron chi connectivity index (χ4n) is 3.50. The molecule has 1 N–H and O–H groups in total. The third kappa shape index (κ3) is 4.99. The lowest BCUT2D eigenvalue weighted by Crippen LogP contribution is -2.44. The maximum Gasteiger partial charge on any atom is 0.228 e. The van der Waals surface area contributed by atoms with E-state index in [1.807, 2.05) is 44.3 Å². The summed E-state index contributed by atoms with van der Waals surface area (Å²) in [5.41, 5.74) is 1.85. The molecule has 152 valence electrons. The molecule has 28 heavy (non-hydrogen) atoms. The van der Waals surface area contributed by atoms with Crippen molar-refractivity contribution in [3.63, 3.8) is 0 Å². The van der Waals surface area contributed by atoms with Gasteiger partial charge in [-0.25, -0.2) is 17.7 Å². The van der Waals surface area contributed by atoms with Crippen molar-refractivity contribution in [3.05, 3.63) is 48.0 Å². The molecule has 1 aliphatic rings. The molecule has 0 spiro atoms. The molecule has 1 unspecified atom stereocenters. The minimum Gasteiger partial charge on any atom is -0.331 e. The molecule has 1 amide bonds. The van der Waals surface area contributed by atoms with Crippen LogP contribution in [0.5, 0.6) is 0 Å². The number of aromatic nitrogens is 2. The molecule has 1 aliphatic heterocycles. The number of hydrogen-bond acceptors (Lipinski definition) is 4. The average Bonchev–Trinajstić information content (AvgIpc) is 3.08. The van der Waals surface area contributed by atoms with Gasteiger partial charge in [0, 0.05) is 37.7 Å². The lowest BCUT2D eigenvalue weighted by atomic mass is 9.98. The summed E-state index contributed by atoms with van der Waals surface area (Å²) in [6.45, 7) is 5.32. The van der Waals surface area contributed by atoms with Crippen LogP contribution >= 0.6 is 0 Å². The zero-order chi connectivity index (χ0) is 20.1. The summed E-state index contributed by atoms with van der Waals surface area (Å²) in [5.74, 6) is 0.666. The Hall–Kier alpha value is -2.19. The van der Waals surface area contributed by atoms with Crippen molar-refractivity contribution in [2.24, 2.45) is 5.92 Å². The Morgan fingerprint density at radius 3 is 2.68 bits per heavy atom. The number of amides is 1. The predicted octanol–water partition coefficient (Wildman–Crippen LogP) is 2.63. The summed E-state index contributed by atoms with van der Waals surface area (Å²) < 4.78 is 28.1. The van der Waals surface area contributed by atoms with E-state index in [0.717, 1.165) is 23.6 Å². The molecule has 0 bridgehead atoms. The lowest BCUT2D eigenvalue weighted by molar-refractivity contribution is -0.120. The monoisotopic (exact) mass is 404 g/mol. The van der Waals surface area contributed by atoms with Gasteiger partial charge in [-0.1, -0.05) is 19.1 Å². The summed E-state index contributed by atoms with van der Waals surface area (Å²) in [4.78, 5) is 16.9. The van der Waals surface area contributed by atoms with E-state index in [-0.39, 0.29) is 24.1 Å². The first kappa shape index (κ1) is 20.5. The molecule has 1 aromatic heterocycles. The Kier molecular flexibility index (Phi) is 6.51. The number of nitrogens with zero attached hydrogens (tertiary/aromatic N) is 3. The number of nitrogens with one attached hydrogen (secondary N) is 1. The van der Waals surface area contributed by atoms with Crippen molar-refractivity contribution >= 4 is 21.6 Å². The summed E-state index contributed by atoms with van der Waals surface area (Å²) in [6.07, 6.45) is 5.72. The molecular formula is C20H28N4O3S. The second kappa shape index (κ2) is 8.87. The van der Waals surface area contributed by atoms with Gasteiger partial charge in [-0.2, -0.15) is 0 Å². The van der Waals surface area contributed by atoms with Crippen LogP contribution in [0.4, 0.5) is 5.69 Å². The molecule has 3 rings (SSSR count). The van der Waals surface area contributed by atoms with E-state index in [1.54, 1.807) is 6.20 Å². The topological polar surface area (TPSA) is 84.3 Å². The van der Waals surface area contributed by atoms with E-state index in [4.69, 9.17) is 0 Å². The van der Waals surface area contributed by atoms with E-state index >= 15 is 0 Å². The first-order valence-corrected chi connectivity index (χ1v) is 11.4. The molecule has 0 radical (unpaired) electrons. The van der Waals surface area contributed by atoms with Crippen molar-refractivity contribution in [2.75, 3.05) is 24.2 Å². The maximum absolute atomic E-state index is 12.6. The van der Waals surface area contributed by atoms with Crippen LogP contribution in [0.1, 0.15) is 37.6 Å². The van der Waals surface area contributed by atoms with Crippen molar-refractivity contribution in [2.45, 2.75) is 39.7 Å². The normalized spacial score (nSPS) is 18.1. The average molecular weight is 405 g/mol. The number of rotatable bonds is 7. The highest BCUT2D eigenvalue weighted by Gasteiger charge is 2.31. The molecule has 0 aliphatic carbocycles. The van der Waals surface area contributed by atoms with Crippen molar-refractivity contribution in [1.29, 1.82) is 0 Å². The summed E-state index contributed by atoms with van der Waals surface area (Å²) in [7, 11) is -3.26. The molecule has 7 nitrogen and oxygen atoms in total. The second-order valence-corrected chi connectivity index (χ2v) is 9.39. The smallest absolute Gasteiger partial charge is 0.228 e. The molecule has 1 fully saturated rings. The van der Waals surface area contributed by atoms with Gasteiger partial charge < -0.3 is 9.88 Å². The van der Waals surface area contributed by atoms with E-state index in [1.165, 1.54) is 4.31 Å². The Balaban J connectivity index is 1.59. The van der Waals surface area contributed by atoms with Crippen LogP contribution in [0.2, 0.25) is 0 Å². The van der Waals surface area contributed by atoms with E-state index in [9.17, 15) is 13.2 Å². The van der Waals surface area contributed by atoms with E-state index in [0.29, 0.717) is 25.8 Å². The number of sulfonamides is 1. The summed E-state index contributed by atoms with van der Waals surface area (Å²) in [5, 5.41) is 2.93. The first-order valence-electron chi connectivity index (χ1n) is 9.74. The maximum atomic E-state index is 12.6. The fourth-order valence-corrected chi connectivity index (χ4v) is 5.09. The number of benzene rings is 1. The van der Waals surface area contributed by atoms with Crippen LogP contribution in [0.25, 0.3) is 0 Å². The Bertz CT molecular complexity index is 906. The highest BCUT2D eigenvalue weighted by Crippen LogP contribution is 2.22. The summed E-state index contributed by atoms with van der Waals surface area (Å²) >= 11 is 0. The molecule has 1 aromatic carbocycles. The molecule has 2 aromatic rings. The largest absolute Gasteiger partial charge is 0.331 e. The molecule has 2 heterocycles. The van der Waals surface area contributed by atoms with Gasteiger partial charge in [-0.15, -0.1) is 0 Å². The van der Waals surface area contributed by atoms with E-state index < -0.39 is 10.0 Å². The second-order valence-electron chi connectivity index (χ2n) is 7.30. The van der Waals surface area contributed by atoms with Gasteiger partial charge in [0.1, 0.15) is 5.82 Å². The Labute approximate surface area is 166 Å². The molecule has 0 saturated carbocycles. The molecule has 8 heteroatoms. The van der Waals surface area contributed by atoms with Gasteiger partial charge in [0.15, 0.2) is 0 Å². The minimum absolute atomic E-state index is 0.116. The van der Waals surface area contributed by atoms with Crippen LogP contribution in [-0.4, -0.2) is 47.0 Å². The number of piperidine rings is 1. The fraction of sp³-hybridized carbons (Fsp3) is 0.500. The van der Waals surface area contributed by atoms with Crippen molar-refractivity contribution in [3.8, 4) is 0 Å². The number of anilines is 1. The number of hydrogen-bond donors (Lipinski definition) is 1. The van der Waals surface area contributed by atoms with Gasteiger partial charge in [0.2, 0.25) is 15.9 Å². The van der Waals surface area contributed by atoms with Crippen molar-refractivity contribution < 1.29 is 13.2 Å². The number of carbonyl (C=O) groups excluding carboxylic acids is 1. The van der Waals surface area contributed by atoms with Gasteiger partial charge in [-0.05, 0) is 43.9 Å². The molecule has 1 saturated heterocycles. The summed E-state index contributed by atoms with van der Waals surface area (Å²) in [6, 6.07) is 7.73. The van der Waals surface area contributed by atoms with Crippen LogP contribution in [0.15, 0.2) is 36.7 Å². The lowest BCUT2D eigenvalue weighted by Gasteiger charge is -2.31. The van der Waals surface area contributed by atoms with Gasteiger partial charge >= 0.3 is 0 Å². The van der Waals surface area contributed by atoms with Crippen molar-refractivity contribution in [1.82, 2.24) is 13.9 Å². The standard InChI is InChI=1S/C20H28N4O3S/c1-3-13-28(26,27)24-11-4-5-18(15-24)20(25)22-19-8-6-17(7-9-19)14-23-12-10-21-16(23)2/h6-10,12,18H,3-5,11,13-15H2,1-2H3,(H,22,25). The number of aryl methyl sites for hydroxylation is 1. The van der Waals surface area contributed by atoms with Gasteiger partial charge in [-0.3, -0.25) is 4.79 Å². The minimum atomic E-state index is -3.26. The predicted molar refractivity (Wildman–Crippen MR) is 110 cm³/mol. The van der Waals surface area contributed by atoms with Crippen LogP contribution in [0, 0.1) is 12.8 Å². The highest BCUT2D eigenvalue weighted by atomic mass is 32.2. The molecule has 1 atom stereocenters. The number of imidazole rings is 1. The zero-order valence-electron chi connectivity index (χ0n) is 16.5. The third-order valence-electron chi connectivity index (χ3n) is 5.11. The van der Waals surface area contributed by atoms with Gasteiger partial charge in [0.05, 0.1) is 11.7 Å². The highest BCUT2D eigenvalue weighted by molar-refractivity contribution is 7.89. The Morgan fingerprint density at radius 1 is 1.29 bits per heavy atom.